The van der Waals surface area contributed by atoms with Crippen molar-refractivity contribution in [2.45, 2.75) is 13.8 Å². The van der Waals surface area contributed by atoms with Gasteiger partial charge in [0.1, 0.15) is 12.0 Å². The van der Waals surface area contributed by atoms with Crippen LogP contribution in [-0.2, 0) is 0 Å². The van der Waals surface area contributed by atoms with E-state index in [9.17, 15) is 20.2 Å². The average Bonchev–Trinajstić information content (AvgIpc) is 2.95. The monoisotopic (exact) mass is 380 g/mol. The lowest BCUT2D eigenvalue weighted by atomic mass is 10.2. The minimum atomic E-state index is -0.521. The van der Waals surface area contributed by atoms with Crippen LogP contribution >= 0.6 is 0 Å². The Morgan fingerprint density at radius 2 is 1.68 bits per heavy atom. The van der Waals surface area contributed by atoms with Gasteiger partial charge in [-0.25, -0.2) is 4.98 Å². The quantitative estimate of drug-likeness (QED) is 0.394. The lowest BCUT2D eigenvalue weighted by Crippen LogP contribution is -2.00. The molecule has 10 nitrogen and oxygen atoms in total. The zero-order chi connectivity index (χ0) is 20.3. The molecule has 0 spiro atoms. The summed E-state index contributed by atoms with van der Waals surface area (Å²) in [5.41, 5.74) is 6.18. The number of non-ortho nitro benzene ring substituents is 1. The van der Waals surface area contributed by atoms with Gasteiger partial charge in [-0.3, -0.25) is 25.7 Å². The first-order valence-corrected chi connectivity index (χ1v) is 8.20. The first kappa shape index (κ1) is 18.7. The van der Waals surface area contributed by atoms with E-state index in [2.05, 4.69) is 15.5 Å². The Balaban J connectivity index is 1.78. The lowest BCUT2D eigenvalue weighted by Gasteiger charge is -2.09. The summed E-state index contributed by atoms with van der Waals surface area (Å²) in [5.74, 6) is 0.381. The van der Waals surface area contributed by atoms with Gasteiger partial charge in [-0.2, -0.15) is 5.10 Å². The summed E-state index contributed by atoms with van der Waals surface area (Å²) in [6.07, 6.45) is 2.77. The van der Waals surface area contributed by atoms with Crippen LogP contribution in [0, 0.1) is 34.1 Å². The molecule has 0 aliphatic heterocycles. The predicted octanol–water partition coefficient (Wildman–Crippen LogP) is 3.75. The van der Waals surface area contributed by atoms with Crippen LogP contribution in [0.25, 0.3) is 5.69 Å². The number of nitro groups is 2. The van der Waals surface area contributed by atoms with Gasteiger partial charge in [0.05, 0.1) is 16.1 Å². The van der Waals surface area contributed by atoms with Crippen LogP contribution in [0.15, 0.2) is 53.8 Å². The number of nitro benzene ring substituents is 1. The summed E-state index contributed by atoms with van der Waals surface area (Å²) in [6.45, 7) is 3.84. The van der Waals surface area contributed by atoms with Gasteiger partial charge in [-0.15, -0.1) is 0 Å². The van der Waals surface area contributed by atoms with Gasteiger partial charge in [-0.1, -0.05) is 0 Å². The molecule has 10 heteroatoms. The highest BCUT2D eigenvalue weighted by molar-refractivity contribution is 5.82. The Morgan fingerprint density at radius 1 is 1.04 bits per heavy atom. The third-order valence-electron chi connectivity index (χ3n) is 4.13. The fraction of sp³-hybridized carbons (Fsp3) is 0.111. The minimum Gasteiger partial charge on any atom is -0.318 e. The molecule has 0 saturated heterocycles. The maximum absolute atomic E-state index is 10.8. The number of nitrogens with one attached hydrogen (secondary N) is 1. The summed E-state index contributed by atoms with van der Waals surface area (Å²) < 4.78 is 1.97. The highest BCUT2D eigenvalue weighted by atomic mass is 16.6. The number of anilines is 1. The number of hydrazone groups is 1. The van der Waals surface area contributed by atoms with Crippen LogP contribution in [0.1, 0.15) is 17.0 Å². The fourth-order valence-corrected chi connectivity index (χ4v) is 2.77. The fourth-order valence-electron chi connectivity index (χ4n) is 2.77. The number of hydrogen-bond acceptors (Lipinski definition) is 7. The first-order chi connectivity index (χ1) is 13.4. The van der Waals surface area contributed by atoms with Crippen molar-refractivity contribution in [3.63, 3.8) is 0 Å². The van der Waals surface area contributed by atoms with E-state index in [0.29, 0.717) is 5.82 Å². The third kappa shape index (κ3) is 3.85. The van der Waals surface area contributed by atoms with Crippen LogP contribution in [-0.4, -0.2) is 25.6 Å². The van der Waals surface area contributed by atoms with E-state index >= 15 is 0 Å². The summed E-state index contributed by atoms with van der Waals surface area (Å²) in [4.78, 5) is 24.4. The van der Waals surface area contributed by atoms with Crippen LogP contribution < -0.4 is 5.43 Å². The van der Waals surface area contributed by atoms with E-state index in [1.807, 2.05) is 24.5 Å². The van der Waals surface area contributed by atoms with Gasteiger partial charge < -0.3 is 4.57 Å². The zero-order valence-electron chi connectivity index (χ0n) is 15.1. The van der Waals surface area contributed by atoms with E-state index in [1.165, 1.54) is 24.3 Å². The molecular weight excluding hydrogens is 364 g/mol. The molecule has 142 valence electrons. The van der Waals surface area contributed by atoms with E-state index in [-0.39, 0.29) is 11.4 Å². The second-order valence-electron chi connectivity index (χ2n) is 5.96. The number of nitrogens with zero attached hydrogens (tertiary/aromatic N) is 5. The molecular formula is C18H16N6O4. The summed E-state index contributed by atoms with van der Waals surface area (Å²) in [5, 5.41) is 25.6. The van der Waals surface area contributed by atoms with Crippen molar-refractivity contribution in [1.82, 2.24) is 9.55 Å². The normalized spacial score (nSPS) is 10.9. The number of aryl methyl sites for hydroxylation is 1. The Bertz CT molecular complexity index is 1050. The largest absolute Gasteiger partial charge is 0.318 e. The molecule has 1 N–H and O–H groups in total. The first-order valence-electron chi connectivity index (χ1n) is 8.20. The molecule has 3 aromatic rings. The molecule has 3 rings (SSSR count). The second-order valence-corrected chi connectivity index (χ2v) is 5.96. The smallest absolute Gasteiger partial charge is 0.287 e. The Hall–Kier alpha value is -4.08. The summed E-state index contributed by atoms with van der Waals surface area (Å²) in [6, 6.07) is 11.1. The Morgan fingerprint density at radius 3 is 2.25 bits per heavy atom. The molecule has 0 aliphatic rings. The number of benzene rings is 1. The molecule has 0 aliphatic carbocycles. The number of hydrogen-bond donors (Lipinski definition) is 1. The molecule has 0 bridgehead atoms. The molecule has 2 heterocycles. The SMILES string of the molecule is Cc1cc(/C=N\Nc2ccc([N+](=O)[O-])cn2)c(C)n1-c1ccc([N+](=O)[O-])cc1. The Labute approximate surface area is 159 Å². The van der Waals surface area contributed by atoms with E-state index < -0.39 is 9.85 Å². The lowest BCUT2D eigenvalue weighted by molar-refractivity contribution is -0.385. The molecule has 0 unspecified atom stereocenters. The van der Waals surface area contributed by atoms with Crippen LogP contribution in [0.3, 0.4) is 0 Å². The molecule has 2 aromatic heterocycles. The highest BCUT2D eigenvalue weighted by Crippen LogP contribution is 2.22. The molecule has 0 fully saturated rings. The van der Waals surface area contributed by atoms with Gasteiger partial charge in [0.2, 0.25) is 0 Å². The maximum atomic E-state index is 10.8. The van der Waals surface area contributed by atoms with Gasteiger partial charge in [0.15, 0.2) is 0 Å². The van der Waals surface area contributed by atoms with E-state index in [0.717, 1.165) is 28.8 Å². The molecule has 0 radical (unpaired) electrons. The van der Waals surface area contributed by atoms with Crippen molar-refractivity contribution in [3.8, 4) is 5.69 Å². The van der Waals surface area contributed by atoms with Gasteiger partial charge >= 0.3 is 0 Å². The third-order valence-corrected chi connectivity index (χ3v) is 4.13. The van der Waals surface area contributed by atoms with Crippen molar-refractivity contribution < 1.29 is 9.85 Å². The molecule has 0 amide bonds. The minimum absolute atomic E-state index is 0.0350. The summed E-state index contributed by atoms with van der Waals surface area (Å²) in [7, 11) is 0. The maximum Gasteiger partial charge on any atom is 0.287 e. The van der Waals surface area contributed by atoms with Crippen LogP contribution in [0.5, 0.6) is 0 Å². The number of aromatic nitrogens is 2. The standard InChI is InChI=1S/C18H16N6O4/c1-12-9-14(10-20-21-18-8-7-17(11-19-18)24(27)28)13(2)22(12)15-3-5-16(6-4-15)23(25)26/h3-11H,1-2H3,(H,19,21)/b20-10-. The average molecular weight is 380 g/mol. The molecule has 0 atom stereocenters. The van der Waals surface area contributed by atoms with Gasteiger partial charge in [0, 0.05) is 40.8 Å². The van der Waals surface area contributed by atoms with E-state index in [4.69, 9.17) is 0 Å². The number of rotatable bonds is 6. The van der Waals surface area contributed by atoms with E-state index in [1.54, 1.807) is 18.3 Å². The van der Waals surface area contributed by atoms with Crippen molar-refractivity contribution in [2.24, 2.45) is 5.10 Å². The molecule has 0 saturated carbocycles. The second kappa shape index (κ2) is 7.66. The van der Waals surface area contributed by atoms with Gasteiger partial charge in [0.25, 0.3) is 11.4 Å². The number of pyridine rings is 1. The van der Waals surface area contributed by atoms with Gasteiger partial charge in [-0.05, 0) is 38.1 Å². The summed E-state index contributed by atoms with van der Waals surface area (Å²) >= 11 is 0. The predicted molar refractivity (Wildman–Crippen MR) is 104 cm³/mol. The van der Waals surface area contributed by atoms with Crippen molar-refractivity contribution >= 4 is 23.4 Å². The topological polar surface area (TPSA) is 128 Å². The van der Waals surface area contributed by atoms with Crippen LogP contribution in [0.2, 0.25) is 0 Å². The van der Waals surface area contributed by atoms with Crippen LogP contribution in [0.4, 0.5) is 17.2 Å². The van der Waals surface area contributed by atoms with Crippen molar-refractivity contribution in [2.75, 3.05) is 5.43 Å². The Kier molecular flexibility index (Phi) is 5.12. The van der Waals surface area contributed by atoms with Crippen molar-refractivity contribution in [3.05, 3.63) is 85.8 Å². The molecule has 28 heavy (non-hydrogen) atoms. The zero-order valence-corrected chi connectivity index (χ0v) is 15.1. The van der Waals surface area contributed by atoms with Crippen molar-refractivity contribution in [1.29, 1.82) is 0 Å². The molecule has 1 aromatic carbocycles. The highest BCUT2D eigenvalue weighted by Gasteiger charge is 2.11.